The van der Waals surface area contributed by atoms with E-state index in [1.807, 2.05) is 0 Å². The van der Waals surface area contributed by atoms with E-state index in [1.54, 1.807) is 14.1 Å². The number of carboxylic acid groups (broad SMARTS) is 1. The normalized spacial score (nSPS) is 12.6. The zero-order valence-corrected chi connectivity index (χ0v) is 18.5. The maximum absolute atomic E-state index is 11.6. The van der Waals surface area contributed by atoms with Gasteiger partial charge in [0.25, 0.3) is 0 Å². The van der Waals surface area contributed by atoms with Crippen molar-refractivity contribution in [1.82, 2.24) is 10.2 Å². The van der Waals surface area contributed by atoms with Crippen LogP contribution >= 0.6 is 11.8 Å². The molecule has 0 saturated heterocycles. The van der Waals surface area contributed by atoms with Crippen molar-refractivity contribution in [3.8, 4) is 0 Å². The maximum atomic E-state index is 11.6. The van der Waals surface area contributed by atoms with Crippen LogP contribution in [-0.2, 0) is 4.79 Å². The number of nitrogens with zero attached hydrogens (tertiary/aromatic N) is 1. The summed E-state index contributed by atoms with van der Waals surface area (Å²) in [6.45, 7) is 8.54. The van der Waals surface area contributed by atoms with Crippen molar-refractivity contribution in [2.24, 2.45) is 0 Å². The van der Waals surface area contributed by atoms with Crippen molar-refractivity contribution in [3.05, 3.63) is 34.9 Å². The van der Waals surface area contributed by atoms with E-state index in [4.69, 9.17) is 0 Å². The monoisotopic (exact) mass is 412 g/mol. The molecular weight excluding hydrogens is 372 g/mol. The molecule has 0 aliphatic carbocycles. The van der Waals surface area contributed by atoms with Crippen LogP contribution < -0.4 is 5.32 Å². The molecule has 2 N–H and O–H groups in total. The smallest absolute Gasteiger partial charge is 0.327 e. The predicted octanol–water partition coefficient (Wildman–Crippen LogP) is 5.50. The molecule has 0 fully saturated rings. The molecule has 1 atom stereocenters. The van der Waals surface area contributed by atoms with Gasteiger partial charge in [0.05, 0.1) is 0 Å². The number of allylic oxidation sites excluding steroid dienone is 5. The summed E-state index contributed by atoms with van der Waals surface area (Å²) in [5.41, 5.74) is 4.10. The van der Waals surface area contributed by atoms with E-state index in [0.717, 1.165) is 31.4 Å². The van der Waals surface area contributed by atoms with E-state index in [2.05, 4.69) is 51.2 Å². The topological polar surface area (TPSA) is 69.6 Å². The molecule has 0 saturated carbocycles. The van der Waals surface area contributed by atoms with Gasteiger partial charge in [-0.2, -0.15) is 11.8 Å². The molecule has 5 nitrogen and oxygen atoms in total. The number of carbonyl (C=O) groups excluding carboxylic acids is 1. The Bertz CT molecular complexity index is 562. The fraction of sp³-hybridized carbons (Fsp3) is 0.636. The second-order valence-corrected chi connectivity index (χ2v) is 8.31. The van der Waals surface area contributed by atoms with Crippen LogP contribution in [0.2, 0.25) is 0 Å². The number of hydrogen-bond acceptors (Lipinski definition) is 3. The quantitative estimate of drug-likeness (QED) is 0.328. The average Bonchev–Trinajstić information content (AvgIpc) is 2.56. The molecule has 2 amide bonds. The number of urea groups is 1. The van der Waals surface area contributed by atoms with Crippen molar-refractivity contribution in [3.63, 3.8) is 0 Å². The average molecular weight is 413 g/mol. The molecule has 0 rings (SSSR count). The van der Waals surface area contributed by atoms with Gasteiger partial charge in [0.1, 0.15) is 6.04 Å². The van der Waals surface area contributed by atoms with Crippen molar-refractivity contribution >= 4 is 23.8 Å². The van der Waals surface area contributed by atoms with Crippen LogP contribution in [-0.4, -0.2) is 53.6 Å². The van der Waals surface area contributed by atoms with E-state index in [0.29, 0.717) is 5.75 Å². The minimum absolute atomic E-state index is 0. The Morgan fingerprint density at radius 3 is 2.04 bits per heavy atom. The Hall–Kier alpha value is -1.69. The van der Waals surface area contributed by atoms with E-state index in [-0.39, 0.29) is 13.5 Å². The highest BCUT2D eigenvalue weighted by molar-refractivity contribution is 7.99. The first kappa shape index (κ1) is 28.5. The van der Waals surface area contributed by atoms with Crippen LogP contribution in [0, 0.1) is 0 Å². The summed E-state index contributed by atoms with van der Waals surface area (Å²) in [6.07, 6.45) is 11.0. The van der Waals surface area contributed by atoms with Gasteiger partial charge in [-0.1, -0.05) is 42.4 Å². The zero-order valence-electron chi connectivity index (χ0n) is 17.7. The van der Waals surface area contributed by atoms with Crippen molar-refractivity contribution in [2.45, 2.75) is 66.8 Å². The highest BCUT2D eigenvalue weighted by Gasteiger charge is 2.20. The molecule has 0 bridgehead atoms. The van der Waals surface area contributed by atoms with Crippen LogP contribution in [0.1, 0.15) is 60.8 Å². The third-order valence-corrected chi connectivity index (χ3v) is 4.93. The number of carboxylic acids is 1. The molecule has 0 aromatic rings. The van der Waals surface area contributed by atoms with E-state index in [1.165, 1.54) is 33.4 Å². The zero-order chi connectivity index (χ0) is 20.8. The number of carbonyl (C=O) groups is 2. The molecule has 0 aliphatic rings. The molecule has 162 valence electrons. The minimum Gasteiger partial charge on any atom is -0.480 e. The number of aliphatic carboxylic acids is 1. The van der Waals surface area contributed by atoms with E-state index in [9.17, 15) is 14.7 Å². The highest BCUT2D eigenvalue weighted by Crippen LogP contribution is 2.13. The SMILES string of the molecule is C.CC(C)=CCC/C(C)=C/CC/C(C)=C/CSC[C@H](NC(=O)N(C)C)C(=O)O. The van der Waals surface area contributed by atoms with Crippen LogP contribution in [0.4, 0.5) is 4.79 Å². The number of rotatable bonds is 12. The van der Waals surface area contributed by atoms with Gasteiger partial charge >= 0.3 is 12.0 Å². The fourth-order valence-corrected chi connectivity index (χ4v) is 3.18. The molecule has 0 radical (unpaired) electrons. The lowest BCUT2D eigenvalue weighted by Crippen LogP contribution is -2.46. The molecule has 28 heavy (non-hydrogen) atoms. The van der Waals surface area contributed by atoms with Gasteiger partial charge in [0, 0.05) is 25.6 Å². The third kappa shape index (κ3) is 15.4. The highest BCUT2D eigenvalue weighted by atomic mass is 32.2. The van der Waals surface area contributed by atoms with E-state index < -0.39 is 12.0 Å². The summed E-state index contributed by atoms with van der Waals surface area (Å²) in [5, 5.41) is 11.7. The van der Waals surface area contributed by atoms with Gasteiger partial charge in [0.15, 0.2) is 0 Å². The van der Waals surface area contributed by atoms with Gasteiger partial charge < -0.3 is 15.3 Å². The van der Waals surface area contributed by atoms with Crippen LogP contribution in [0.15, 0.2) is 34.9 Å². The fourth-order valence-electron chi connectivity index (χ4n) is 2.18. The van der Waals surface area contributed by atoms with Crippen LogP contribution in [0.3, 0.4) is 0 Å². The molecule has 0 aromatic carbocycles. The minimum atomic E-state index is -1.01. The van der Waals surface area contributed by atoms with Gasteiger partial charge in [0.2, 0.25) is 0 Å². The molecule has 0 aromatic heterocycles. The Morgan fingerprint density at radius 1 is 1.00 bits per heavy atom. The van der Waals surface area contributed by atoms with E-state index >= 15 is 0 Å². The van der Waals surface area contributed by atoms with Gasteiger partial charge in [-0.05, 0) is 53.4 Å². The summed E-state index contributed by atoms with van der Waals surface area (Å²) in [5.74, 6) is 0.0887. The van der Waals surface area contributed by atoms with Gasteiger partial charge in [-0.25, -0.2) is 9.59 Å². The molecule has 0 heterocycles. The molecule has 0 aliphatic heterocycles. The standard InChI is InChI=1S/C21H36N2O3S.CH4/c1-16(2)9-7-10-17(3)11-8-12-18(4)13-14-27-15-19(20(24)25)22-21(26)23(5)6;/h9,11,13,19H,7-8,10,12,14-15H2,1-6H3,(H,22,26)(H,24,25);1H4/b17-11+,18-13+;/t19-;/m0./s1. The number of amides is 2. The summed E-state index contributed by atoms with van der Waals surface area (Å²) in [6, 6.07) is -1.26. The number of thioether (sulfide) groups is 1. The summed E-state index contributed by atoms with van der Waals surface area (Å²) >= 11 is 1.51. The maximum Gasteiger partial charge on any atom is 0.327 e. The second-order valence-electron chi connectivity index (χ2n) is 7.23. The van der Waals surface area contributed by atoms with Crippen LogP contribution in [0.25, 0.3) is 0 Å². The second kappa shape index (κ2) is 16.3. The summed E-state index contributed by atoms with van der Waals surface area (Å²) in [7, 11) is 3.18. The Kier molecular flexibility index (Phi) is 16.6. The van der Waals surface area contributed by atoms with Crippen LogP contribution in [0.5, 0.6) is 0 Å². The van der Waals surface area contributed by atoms with Gasteiger partial charge in [-0.15, -0.1) is 0 Å². The largest absolute Gasteiger partial charge is 0.480 e. The predicted molar refractivity (Wildman–Crippen MR) is 123 cm³/mol. The Balaban J connectivity index is 0. The van der Waals surface area contributed by atoms with Gasteiger partial charge in [-0.3, -0.25) is 0 Å². The molecule has 0 unspecified atom stereocenters. The molecular formula is C22H40N2O3S. The lowest BCUT2D eigenvalue weighted by atomic mass is 10.1. The lowest BCUT2D eigenvalue weighted by molar-refractivity contribution is -0.138. The number of hydrogen-bond donors (Lipinski definition) is 2. The summed E-state index contributed by atoms with van der Waals surface area (Å²) < 4.78 is 0. The van der Waals surface area contributed by atoms with Crippen molar-refractivity contribution in [1.29, 1.82) is 0 Å². The first-order valence-electron chi connectivity index (χ1n) is 9.36. The molecule has 6 heteroatoms. The van der Waals surface area contributed by atoms with Crippen molar-refractivity contribution < 1.29 is 14.7 Å². The molecule has 0 spiro atoms. The summed E-state index contributed by atoms with van der Waals surface area (Å²) in [4.78, 5) is 24.2. The number of nitrogens with one attached hydrogen (secondary N) is 1. The van der Waals surface area contributed by atoms with Crippen molar-refractivity contribution in [2.75, 3.05) is 25.6 Å². The Morgan fingerprint density at radius 2 is 1.54 bits per heavy atom. The Labute approximate surface area is 176 Å². The first-order valence-corrected chi connectivity index (χ1v) is 10.5. The third-order valence-electron chi connectivity index (χ3n) is 3.96. The first-order chi connectivity index (χ1) is 12.6. The lowest BCUT2D eigenvalue weighted by Gasteiger charge is -2.17.